The van der Waals surface area contributed by atoms with Gasteiger partial charge in [-0.15, -0.1) is 0 Å². The number of rotatable bonds is 7. The minimum atomic E-state index is -3.79. The van der Waals surface area contributed by atoms with Crippen molar-refractivity contribution in [2.24, 2.45) is 0 Å². The second-order valence-electron chi connectivity index (χ2n) is 8.77. The molecule has 2 fully saturated rings. The number of nitrogens with zero attached hydrogens (tertiary/aromatic N) is 1. The lowest BCUT2D eigenvalue weighted by Crippen LogP contribution is -2.53. The van der Waals surface area contributed by atoms with Gasteiger partial charge in [0, 0.05) is 12.0 Å². The van der Waals surface area contributed by atoms with Gasteiger partial charge >= 0.3 is 0 Å². The predicted molar refractivity (Wildman–Crippen MR) is 121 cm³/mol. The van der Waals surface area contributed by atoms with Crippen molar-refractivity contribution in [1.29, 1.82) is 0 Å². The zero-order chi connectivity index (χ0) is 24.6. The van der Waals surface area contributed by atoms with E-state index in [0.717, 1.165) is 0 Å². The molecule has 2 aromatic rings. The normalized spacial score (nSPS) is 24.8. The summed E-state index contributed by atoms with van der Waals surface area (Å²) in [6, 6.07) is 6.65. The van der Waals surface area contributed by atoms with Gasteiger partial charge in [0.25, 0.3) is 5.91 Å². The lowest BCUT2D eigenvalue weighted by Gasteiger charge is -2.34. The largest absolute Gasteiger partial charge is 0.368 e. The van der Waals surface area contributed by atoms with E-state index in [1.54, 1.807) is 19.1 Å². The van der Waals surface area contributed by atoms with Crippen LogP contribution in [0.2, 0.25) is 0 Å². The third-order valence-electron chi connectivity index (χ3n) is 6.39. The summed E-state index contributed by atoms with van der Waals surface area (Å²) in [7, 11) is -3.79. The zero-order valence-corrected chi connectivity index (χ0v) is 19.7. The molecule has 34 heavy (non-hydrogen) atoms. The second kappa shape index (κ2) is 9.67. The van der Waals surface area contributed by atoms with Crippen LogP contribution >= 0.6 is 0 Å². The number of halogens is 3. The molecule has 0 aromatic heterocycles. The van der Waals surface area contributed by atoms with Gasteiger partial charge in [-0.1, -0.05) is 24.3 Å². The first-order chi connectivity index (χ1) is 16.1. The Labute approximate surface area is 197 Å². The molecule has 2 heterocycles. The molecule has 2 aliphatic heterocycles. The molecule has 10 heteroatoms. The molecule has 184 valence electrons. The number of sulfonamides is 1. The fourth-order valence-electron chi connectivity index (χ4n) is 4.50. The highest BCUT2D eigenvalue weighted by atomic mass is 32.2. The molecule has 2 saturated heterocycles. The van der Waals surface area contributed by atoms with Gasteiger partial charge in [-0.25, -0.2) is 26.3 Å². The van der Waals surface area contributed by atoms with Crippen LogP contribution in [0.5, 0.6) is 0 Å². The summed E-state index contributed by atoms with van der Waals surface area (Å²) >= 11 is 0. The van der Waals surface area contributed by atoms with E-state index in [1.165, 1.54) is 36.1 Å². The fourth-order valence-corrected chi connectivity index (χ4v) is 5.38. The minimum absolute atomic E-state index is 0.121. The van der Waals surface area contributed by atoms with E-state index in [-0.39, 0.29) is 29.8 Å². The number of aryl methyl sites for hydroxylation is 1. The number of carbonyl (C=O) groups is 1. The summed E-state index contributed by atoms with van der Waals surface area (Å²) in [6.07, 6.45) is -1.99. The van der Waals surface area contributed by atoms with E-state index in [2.05, 4.69) is 4.72 Å². The third-order valence-corrected chi connectivity index (χ3v) is 7.78. The Balaban J connectivity index is 1.69. The van der Waals surface area contributed by atoms with Crippen LogP contribution in [0.15, 0.2) is 36.4 Å². The first-order valence-electron chi connectivity index (χ1n) is 11.2. The molecule has 1 N–H and O–H groups in total. The van der Waals surface area contributed by atoms with Crippen molar-refractivity contribution in [2.75, 3.05) is 18.9 Å². The summed E-state index contributed by atoms with van der Waals surface area (Å²) in [5, 5.41) is 0. The Morgan fingerprint density at radius 3 is 2.59 bits per heavy atom. The van der Waals surface area contributed by atoms with Crippen LogP contribution in [0.4, 0.5) is 13.2 Å². The topological polar surface area (TPSA) is 75.7 Å². The summed E-state index contributed by atoms with van der Waals surface area (Å²) in [5.74, 6) is -1.82. The Morgan fingerprint density at radius 2 is 1.97 bits per heavy atom. The minimum Gasteiger partial charge on any atom is -0.368 e. The zero-order valence-electron chi connectivity index (χ0n) is 18.9. The molecule has 0 saturated carbocycles. The highest BCUT2D eigenvalue weighted by Gasteiger charge is 2.48. The summed E-state index contributed by atoms with van der Waals surface area (Å²) in [6.45, 7) is 3.23. The maximum atomic E-state index is 15.6. The van der Waals surface area contributed by atoms with Crippen molar-refractivity contribution >= 4 is 15.9 Å². The Bertz CT molecular complexity index is 1170. The maximum Gasteiger partial charge on any atom is 0.252 e. The molecule has 4 atom stereocenters. The SMILES string of the molecule is CCS(=O)(=O)N[C@H]1[C@@H](F)CN(C(=O)C2CCO2)[C@H]1Cc1cccc(-c2cc(C)cc(F)c2)c1F. The Morgan fingerprint density at radius 1 is 1.24 bits per heavy atom. The Kier molecular flexibility index (Phi) is 7.02. The van der Waals surface area contributed by atoms with Crippen LogP contribution in [0, 0.1) is 18.6 Å². The van der Waals surface area contributed by atoms with Crippen LogP contribution in [-0.2, 0) is 26.0 Å². The summed E-state index contributed by atoms with van der Waals surface area (Å²) < 4.78 is 76.6. The molecule has 1 amide bonds. The van der Waals surface area contributed by atoms with Crippen LogP contribution in [-0.4, -0.2) is 62.5 Å². The van der Waals surface area contributed by atoms with Crippen molar-refractivity contribution in [3.8, 4) is 11.1 Å². The standard InChI is InChI=1S/C24H27F3N2O4S/c1-3-34(31,32)28-23-19(26)13-29(24(30)21-7-8-33-21)20(23)12-15-5-4-6-18(22(15)27)16-9-14(2)10-17(25)11-16/h4-6,9-11,19-21,23,28H,3,7-8,12-13H2,1-2H3/t19-,20-,21?,23-/m0/s1. The monoisotopic (exact) mass is 496 g/mol. The molecule has 0 bridgehead atoms. The van der Waals surface area contributed by atoms with Gasteiger partial charge in [-0.05, 0) is 49.1 Å². The molecule has 2 aromatic carbocycles. The van der Waals surface area contributed by atoms with E-state index in [9.17, 15) is 17.6 Å². The van der Waals surface area contributed by atoms with Crippen molar-refractivity contribution in [3.63, 3.8) is 0 Å². The number of nitrogens with one attached hydrogen (secondary N) is 1. The van der Waals surface area contributed by atoms with Gasteiger partial charge in [0.2, 0.25) is 10.0 Å². The van der Waals surface area contributed by atoms with E-state index >= 15 is 8.78 Å². The van der Waals surface area contributed by atoms with Crippen LogP contribution in [0.25, 0.3) is 11.1 Å². The third kappa shape index (κ3) is 4.99. The first kappa shape index (κ1) is 24.7. The number of hydrogen-bond donors (Lipinski definition) is 1. The van der Waals surface area contributed by atoms with Crippen molar-refractivity contribution in [3.05, 3.63) is 59.2 Å². The predicted octanol–water partition coefficient (Wildman–Crippen LogP) is 3.13. The van der Waals surface area contributed by atoms with Crippen molar-refractivity contribution < 1.29 is 31.1 Å². The number of likely N-dealkylation sites (tertiary alicyclic amines) is 1. The first-order valence-corrected chi connectivity index (χ1v) is 12.9. The quantitative estimate of drug-likeness (QED) is 0.639. The molecular weight excluding hydrogens is 469 g/mol. The lowest BCUT2D eigenvalue weighted by atomic mass is 9.95. The highest BCUT2D eigenvalue weighted by molar-refractivity contribution is 7.89. The molecule has 0 spiro atoms. The summed E-state index contributed by atoms with van der Waals surface area (Å²) in [5.41, 5.74) is 1.32. The Hall–Kier alpha value is -2.43. The number of ether oxygens (including phenoxy) is 1. The van der Waals surface area contributed by atoms with Gasteiger partial charge in [-0.2, -0.15) is 0 Å². The van der Waals surface area contributed by atoms with E-state index in [0.29, 0.717) is 24.2 Å². The molecule has 0 aliphatic carbocycles. The van der Waals surface area contributed by atoms with Gasteiger partial charge < -0.3 is 9.64 Å². The molecule has 0 radical (unpaired) electrons. The van der Waals surface area contributed by atoms with E-state index in [4.69, 9.17) is 4.74 Å². The lowest BCUT2D eigenvalue weighted by molar-refractivity contribution is -0.157. The average molecular weight is 497 g/mol. The van der Waals surface area contributed by atoms with Crippen molar-refractivity contribution in [2.45, 2.75) is 51.0 Å². The number of carbonyl (C=O) groups excluding carboxylic acids is 1. The second-order valence-corrected chi connectivity index (χ2v) is 10.8. The fraction of sp³-hybridized carbons (Fsp3) is 0.458. The molecule has 4 rings (SSSR count). The van der Waals surface area contributed by atoms with E-state index in [1.807, 2.05) is 0 Å². The van der Waals surface area contributed by atoms with Gasteiger partial charge in [-0.3, -0.25) is 4.79 Å². The van der Waals surface area contributed by atoms with Crippen molar-refractivity contribution in [1.82, 2.24) is 9.62 Å². The number of alkyl halides is 1. The number of benzene rings is 2. The maximum absolute atomic E-state index is 15.6. The van der Waals surface area contributed by atoms with Gasteiger partial charge in [0.05, 0.1) is 31.0 Å². The van der Waals surface area contributed by atoms with Gasteiger partial charge in [0.15, 0.2) is 0 Å². The molecular formula is C24H27F3N2O4S. The average Bonchev–Trinajstić information content (AvgIpc) is 3.02. The molecule has 2 aliphatic rings. The highest BCUT2D eigenvalue weighted by Crippen LogP contribution is 2.32. The summed E-state index contributed by atoms with van der Waals surface area (Å²) in [4.78, 5) is 14.2. The van der Waals surface area contributed by atoms with Crippen LogP contribution in [0.3, 0.4) is 0 Å². The van der Waals surface area contributed by atoms with Crippen LogP contribution in [0.1, 0.15) is 24.5 Å². The van der Waals surface area contributed by atoms with Gasteiger partial charge in [0.1, 0.15) is 23.9 Å². The molecule has 1 unspecified atom stereocenters. The molecule has 6 nitrogen and oxygen atoms in total. The van der Waals surface area contributed by atoms with E-state index < -0.39 is 51.9 Å². The smallest absolute Gasteiger partial charge is 0.252 e. The van der Waals surface area contributed by atoms with Crippen LogP contribution < -0.4 is 4.72 Å². The number of hydrogen-bond acceptors (Lipinski definition) is 4. The number of amides is 1.